The SMILES string of the molecule is CNC(=O)c1ccccc1Nc1nc(C)nc2[nH]cc(Cl)c12. The Morgan fingerprint density at radius 1 is 1.27 bits per heavy atom. The summed E-state index contributed by atoms with van der Waals surface area (Å²) in [6.07, 6.45) is 1.66. The number of aryl methyl sites for hydroxylation is 1. The maximum absolute atomic E-state index is 12.0. The van der Waals surface area contributed by atoms with Gasteiger partial charge in [0.15, 0.2) is 0 Å². The van der Waals surface area contributed by atoms with E-state index in [2.05, 4.69) is 25.6 Å². The van der Waals surface area contributed by atoms with Gasteiger partial charge in [-0.25, -0.2) is 9.97 Å². The molecule has 2 heterocycles. The first-order chi connectivity index (χ1) is 10.6. The Labute approximate surface area is 131 Å². The largest absolute Gasteiger partial charge is 0.355 e. The van der Waals surface area contributed by atoms with E-state index < -0.39 is 0 Å². The van der Waals surface area contributed by atoms with Gasteiger partial charge >= 0.3 is 0 Å². The second-order valence-electron chi connectivity index (χ2n) is 4.73. The quantitative estimate of drug-likeness (QED) is 0.694. The standard InChI is InChI=1S/C15H14ClN5O/c1-8-19-13-12(10(16)7-18-13)14(20-8)21-11-6-4-3-5-9(11)15(22)17-2/h3-7H,1-2H3,(H,17,22)(H2,18,19,20,21). The Kier molecular flexibility index (Phi) is 3.68. The molecule has 0 fully saturated rings. The van der Waals surface area contributed by atoms with Crippen LogP contribution < -0.4 is 10.6 Å². The number of para-hydroxylation sites is 1. The summed E-state index contributed by atoms with van der Waals surface area (Å²) in [5, 5.41) is 7.02. The molecule has 3 N–H and O–H groups in total. The van der Waals surface area contributed by atoms with Crippen molar-refractivity contribution in [2.75, 3.05) is 12.4 Å². The molecule has 3 rings (SSSR count). The number of amides is 1. The number of fused-ring (bicyclic) bond motifs is 1. The van der Waals surface area contributed by atoms with Gasteiger partial charge in [0.05, 0.1) is 21.7 Å². The molecule has 3 aromatic rings. The molecule has 0 aliphatic heterocycles. The molecule has 7 heteroatoms. The number of carbonyl (C=O) groups is 1. The lowest BCUT2D eigenvalue weighted by atomic mass is 10.1. The zero-order chi connectivity index (χ0) is 15.7. The Balaban J connectivity index is 2.11. The summed E-state index contributed by atoms with van der Waals surface area (Å²) in [5.74, 6) is 0.987. The van der Waals surface area contributed by atoms with Gasteiger partial charge in [-0.1, -0.05) is 23.7 Å². The van der Waals surface area contributed by atoms with Crippen molar-refractivity contribution >= 4 is 40.0 Å². The van der Waals surface area contributed by atoms with E-state index in [1.165, 1.54) is 0 Å². The molecular weight excluding hydrogens is 302 g/mol. The number of aromatic nitrogens is 3. The number of hydrogen-bond donors (Lipinski definition) is 3. The zero-order valence-corrected chi connectivity index (χ0v) is 12.8. The molecule has 0 radical (unpaired) electrons. The van der Waals surface area contributed by atoms with E-state index in [4.69, 9.17) is 11.6 Å². The second-order valence-corrected chi connectivity index (χ2v) is 5.14. The van der Waals surface area contributed by atoms with Crippen molar-refractivity contribution in [2.45, 2.75) is 6.92 Å². The van der Waals surface area contributed by atoms with Gasteiger partial charge in [0.2, 0.25) is 0 Å². The summed E-state index contributed by atoms with van der Waals surface area (Å²) >= 11 is 6.20. The van der Waals surface area contributed by atoms with Crippen LogP contribution in [0.3, 0.4) is 0 Å². The number of nitrogens with zero attached hydrogens (tertiary/aromatic N) is 2. The minimum atomic E-state index is -0.176. The molecule has 22 heavy (non-hydrogen) atoms. The van der Waals surface area contributed by atoms with E-state index in [9.17, 15) is 4.79 Å². The van der Waals surface area contributed by atoms with Crippen LogP contribution in [0.4, 0.5) is 11.5 Å². The second kappa shape index (κ2) is 5.65. The molecule has 0 unspecified atom stereocenters. The number of anilines is 2. The number of aromatic amines is 1. The highest BCUT2D eigenvalue weighted by Gasteiger charge is 2.14. The average Bonchev–Trinajstić information content (AvgIpc) is 2.88. The van der Waals surface area contributed by atoms with E-state index in [1.54, 1.807) is 32.3 Å². The maximum Gasteiger partial charge on any atom is 0.253 e. The van der Waals surface area contributed by atoms with Crippen molar-refractivity contribution in [2.24, 2.45) is 0 Å². The summed E-state index contributed by atoms with van der Waals surface area (Å²) in [7, 11) is 1.59. The molecule has 112 valence electrons. The third-order valence-electron chi connectivity index (χ3n) is 3.25. The first-order valence-electron chi connectivity index (χ1n) is 6.69. The van der Waals surface area contributed by atoms with Gasteiger partial charge < -0.3 is 15.6 Å². The van der Waals surface area contributed by atoms with Crippen LogP contribution in [-0.4, -0.2) is 27.9 Å². The highest BCUT2D eigenvalue weighted by molar-refractivity contribution is 6.36. The van der Waals surface area contributed by atoms with E-state index >= 15 is 0 Å². The Morgan fingerprint density at radius 2 is 2.05 bits per heavy atom. The van der Waals surface area contributed by atoms with Gasteiger partial charge in [0.25, 0.3) is 5.91 Å². The summed E-state index contributed by atoms with van der Waals surface area (Å²) in [4.78, 5) is 23.7. The molecule has 0 atom stereocenters. The monoisotopic (exact) mass is 315 g/mol. The van der Waals surface area contributed by atoms with Crippen molar-refractivity contribution in [3.8, 4) is 0 Å². The average molecular weight is 316 g/mol. The topological polar surface area (TPSA) is 82.7 Å². The molecular formula is C15H14ClN5O. The smallest absolute Gasteiger partial charge is 0.253 e. The van der Waals surface area contributed by atoms with Gasteiger partial charge in [-0.3, -0.25) is 4.79 Å². The van der Waals surface area contributed by atoms with Crippen LogP contribution in [0.25, 0.3) is 11.0 Å². The van der Waals surface area contributed by atoms with Crippen molar-refractivity contribution in [3.05, 3.63) is 46.9 Å². The number of benzene rings is 1. The Morgan fingerprint density at radius 3 is 2.82 bits per heavy atom. The Hall–Kier alpha value is -2.60. The molecule has 6 nitrogen and oxygen atoms in total. The number of H-pyrrole nitrogens is 1. The summed E-state index contributed by atoms with van der Waals surface area (Å²) in [6, 6.07) is 7.21. The van der Waals surface area contributed by atoms with Gasteiger partial charge in [-0.05, 0) is 19.1 Å². The highest BCUT2D eigenvalue weighted by atomic mass is 35.5. The van der Waals surface area contributed by atoms with Crippen LogP contribution in [0.2, 0.25) is 5.02 Å². The first-order valence-corrected chi connectivity index (χ1v) is 7.07. The Bertz CT molecular complexity index is 858. The fourth-order valence-corrected chi connectivity index (χ4v) is 2.48. The number of nitrogens with one attached hydrogen (secondary N) is 3. The third kappa shape index (κ3) is 2.48. The van der Waals surface area contributed by atoms with Crippen LogP contribution in [0, 0.1) is 6.92 Å². The van der Waals surface area contributed by atoms with E-state index in [-0.39, 0.29) is 5.91 Å². The molecule has 1 aromatic carbocycles. The lowest BCUT2D eigenvalue weighted by Crippen LogP contribution is -2.19. The van der Waals surface area contributed by atoms with E-state index in [0.717, 1.165) is 0 Å². The molecule has 0 aliphatic rings. The molecule has 0 aliphatic carbocycles. The van der Waals surface area contributed by atoms with Crippen molar-refractivity contribution < 1.29 is 4.79 Å². The molecule has 0 saturated heterocycles. The van der Waals surface area contributed by atoms with Crippen LogP contribution in [-0.2, 0) is 0 Å². The first kappa shape index (κ1) is 14.3. The minimum Gasteiger partial charge on any atom is -0.355 e. The number of rotatable bonds is 3. The van der Waals surface area contributed by atoms with Crippen LogP contribution in [0.5, 0.6) is 0 Å². The van der Waals surface area contributed by atoms with Crippen LogP contribution in [0.1, 0.15) is 16.2 Å². The van der Waals surface area contributed by atoms with Gasteiger partial charge in [0, 0.05) is 13.2 Å². The van der Waals surface area contributed by atoms with Crippen molar-refractivity contribution in [1.29, 1.82) is 0 Å². The molecule has 0 spiro atoms. The van der Waals surface area contributed by atoms with Crippen molar-refractivity contribution in [1.82, 2.24) is 20.3 Å². The molecule has 0 bridgehead atoms. The molecule has 0 saturated carbocycles. The third-order valence-corrected chi connectivity index (χ3v) is 3.55. The van der Waals surface area contributed by atoms with Crippen LogP contribution >= 0.6 is 11.6 Å². The van der Waals surface area contributed by atoms with Crippen LogP contribution in [0.15, 0.2) is 30.5 Å². The van der Waals surface area contributed by atoms with Gasteiger partial charge in [-0.15, -0.1) is 0 Å². The fourth-order valence-electron chi connectivity index (χ4n) is 2.25. The molecule has 1 amide bonds. The normalized spacial score (nSPS) is 10.7. The summed E-state index contributed by atoms with van der Waals surface area (Å²) in [6.45, 7) is 1.80. The number of halogens is 1. The zero-order valence-electron chi connectivity index (χ0n) is 12.1. The minimum absolute atomic E-state index is 0.176. The maximum atomic E-state index is 12.0. The fraction of sp³-hybridized carbons (Fsp3) is 0.133. The number of carbonyl (C=O) groups excluding carboxylic acids is 1. The predicted molar refractivity (Wildman–Crippen MR) is 86.8 cm³/mol. The lowest BCUT2D eigenvalue weighted by molar-refractivity contribution is 0.0964. The van der Waals surface area contributed by atoms with E-state index in [1.807, 2.05) is 12.1 Å². The summed E-state index contributed by atoms with van der Waals surface area (Å²) < 4.78 is 0. The van der Waals surface area contributed by atoms with E-state index in [0.29, 0.717) is 38.9 Å². The molecule has 2 aromatic heterocycles. The highest BCUT2D eigenvalue weighted by Crippen LogP contribution is 2.30. The number of hydrogen-bond acceptors (Lipinski definition) is 4. The predicted octanol–water partition coefficient (Wildman–Crippen LogP) is 3.02. The summed E-state index contributed by atoms with van der Waals surface area (Å²) in [5.41, 5.74) is 1.83. The lowest BCUT2D eigenvalue weighted by Gasteiger charge is -2.11. The van der Waals surface area contributed by atoms with Gasteiger partial charge in [0.1, 0.15) is 17.3 Å². The van der Waals surface area contributed by atoms with Crippen molar-refractivity contribution in [3.63, 3.8) is 0 Å². The van der Waals surface area contributed by atoms with Gasteiger partial charge in [-0.2, -0.15) is 0 Å².